The largest absolute Gasteiger partial charge is 0.457 e. The molecule has 0 bridgehead atoms. The van der Waals surface area contributed by atoms with Gasteiger partial charge >= 0.3 is 0 Å². The lowest BCUT2D eigenvalue weighted by Crippen LogP contribution is -2.41. The van der Waals surface area contributed by atoms with Gasteiger partial charge in [-0.1, -0.05) is 30.3 Å². The number of hydrogen-bond acceptors (Lipinski definition) is 5. The summed E-state index contributed by atoms with van der Waals surface area (Å²) in [6.07, 6.45) is 2.02. The maximum Gasteiger partial charge on any atom is 0.251 e. The van der Waals surface area contributed by atoms with Gasteiger partial charge in [0.05, 0.1) is 12.7 Å². The number of amides is 1. The minimum atomic E-state index is -0.153. The number of rotatable bonds is 6. The zero-order chi connectivity index (χ0) is 20.8. The van der Waals surface area contributed by atoms with Crippen LogP contribution in [0.4, 0.5) is 5.82 Å². The highest BCUT2D eigenvalue weighted by molar-refractivity contribution is 5.94. The summed E-state index contributed by atoms with van der Waals surface area (Å²) in [5.74, 6) is 2.14. The molecule has 6 nitrogen and oxygen atoms in total. The van der Waals surface area contributed by atoms with Gasteiger partial charge in [-0.3, -0.25) is 4.79 Å². The van der Waals surface area contributed by atoms with E-state index in [-0.39, 0.29) is 12.0 Å². The molecule has 1 aliphatic heterocycles. The van der Waals surface area contributed by atoms with E-state index in [0.29, 0.717) is 24.5 Å². The van der Waals surface area contributed by atoms with Gasteiger partial charge in [0, 0.05) is 31.4 Å². The maximum absolute atomic E-state index is 12.6. The highest BCUT2D eigenvalue weighted by Gasteiger charge is 2.17. The number of anilines is 1. The summed E-state index contributed by atoms with van der Waals surface area (Å²) in [5.41, 5.74) is 1.50. The zero-order valence-electron chi connectivity index (χ0n) is 17.0. The predicted octanol–water partition coefficient (Wildman–Crippen LogP) is 4.03. The van der Waals surface area contributed by atoms with Gasteiger partial charge in [0.15, 0.2) is 0 Å². The smallest absolute Gasteiger partial charge is 0.251 e. The maximum atomic E-state index is 12.6. The van der Waals surface area contributed by atoms with Gasteiger partial charge in [-0.15, -0.1) is 0 Å². The van der Waals surface area contributed by atoms with Crippen molar-refractivity contribution >= 4 is 11.7 Å². The summed E-state index contributed by atoms with van der Waals surface area (Å²) >= 11 is 0. The minimum absolute atomic E-state index is 0.153. The van der Waals surface area contributed by atoms with Crippen molar-refractivity contribution in [3.8, 4) is 11.5 Å². The van der Waals surface area contributed by atoms with Crippen LogP contribution in [0.1, 0.15) is 22.8 Å². The summed E-state index contributed by atoms with van der Waals surface area (Å²) in [7, 11) is 0. The van der Waals surface area contributed by atoms with Gasteiger partial charge in [0.2, 0.25) is 0 Å². The summed E-state index contributed by atoms with van der Waals surface area (Å²) < 4.78 is 11.4. The monoisotopic (exact) mass is 403 g/mol. The molecule has 30 heavy (non-hydrogen) atoms. The predicted molar refractivity (Wildman–Crippen MR) is 116 cm³/mol. The van der Waals surface area contributed by atoms with Crippen molar-refractivity contribution < 1.29 is 14.3 Å². The van der Waals surface area contributed by atoms with Crippen molar-refractivity contribution in [2.45, 2.75) is 19.6 Å². The Labute approximate surface area is 176 Å². The Bertz CT molecular complexity index is 977. The van der Waals surface area contributed by atoms with E-state index in [9.17, 15) is 4.79 Å². The molecule has 1 amide bonds. The Balaban J connectivity index is 1.34. The highest BCUT2D eigenvalue weighted by atomic mass is 16.5. The van der Waals surface area contributed by atoms with Crippen molar-refractivity contribution in [2.75, 3.05) is 24.6 Å². The number of nitrogens with one attached hydrogen (secondary N) is 1. The number of benzene rings is 2. The molecule has 6 heteroatoms. The molecule has 1 fully saturated rings. The second kappa shape index (κ2) is 9.41. The number of nitrogens with zero attached hydrogens (tertiary/aromatic N) is 2. The van der Waals surface area contributed by atoms with Crippen molar-refractivity contribution in [2.24, 2.45) is 0 Å². The summed E-state index contributed by atoms with van der Waals surface area (Å²) in [6.45, 7) is 4.87. The Morgan fingerprint density at radius 3 is 2.73 bits per heavy atom. The van der Waals surface area contributed by atoms with Crippen LogP contribution in [-0.4, -0.2) is 36.7 Å². The summed E-state index contributed by atoms with van der Waals surface area (Å²) in [5, 5.41) is 2.94. The number of pyridine rings is 1. The second-order valence-corrected chi connectivity index (χ2v) is 7.28. The first kappa shape index (κ1) is 19.9. The molecule has 2 aromatic carbocycles. The fourth-order valence-corrected chi connectivity index (χ4v) is 3.34. The molecule has 154 valence electrons. The van der Waals surface area contributed by atoms with Gasteiger partial charge in [-0.2, -0.15) is 0 Å². The number of carbonyl (C=O) groups is 1. The molecule has 1 atom stereocenters. The molecule has 0 aliphatic carbocycles. The lowest BCUT2D eigenvalue weighted by atomic mass is 10.2. The van der Waals surface area contributed by atoms with Crippen molar-refractivity contribution in [3.05, 3.63) is 84.1 Å². The summed E-state index contributed by atoms with van der Waals surface area (Å²) in [4.78, 5) is 19.3. The molecule has 1 aliphatic rings. The normalized spacial score (nSPS) is 16.2. The fraction of sp³-hybridized carbons (Fsp3) is 0.250. The van der Waals surface area contributed by atoms with Crippen LogP contribution in [0.15, 0.2) is 72.9 Å². The Morgan fingerprint density at radius 1 is 1.13 bits per heavy atom. The lowest BCUT2D eigenvalue weighted by Gasteiger charge is -2.32. The van der Waals surface area contributed by atoms with Gasteiger partial charge in [0.25, 0.3) is 5.91 Å². The molecule has 0 spiro atoms. The van der Waals surface area contributed by atoms with E-state index in [0.717, 1.165) is 30.2 Å². The summed E-state index contributed by atoms with van der Waals surface area (Å²) in [6, 6.07) is 20.6. The number of aromatic nitrogens is 1. The van der Waals surface area contributed by atoms with Crippen LogP contribution >= 0.6 is 0 Å². The van der Waals surface area contributed by atoms with Gasteiger partial charge < -0.3 is 19.7 Å². The van der Waals surface area contributed by atoms with Crippen molar-refractivity contribution in [3.63, 3.8) is 0 Å². The molecule has 0 saturated carbocycles. The Morgan fingerprint density at radius 2 is 1.97 bits per heavy atom. The third-order valence-electron chi connectivity index (χ3n) is 4.90. The number of morpholine rings is 1. The molecular formula is C24H25N3O3. The molecule has 3 aromatic rings. The van der Waals surface area contributed by atoms with Gasteiger partial charge in [-0.25, -0.2) is 4.98 Å². The topological polar surface area (TPSA) is 63.7 Å². The van der Waals surface area contributed by atoms with Crippen LogP contribution in [0.3, 0.4) is 0 Å². The Hall–Kier alpha value is -3.38. The average Bonchev–Trinajstić information content (AvgIpc) is 2.79. The molecule has 0 radical (unpaired) electrons. The van der Waals surface area contributed by atoms with Gasteiger partial charge in [-0.05, 0) is 48.9 Å². The lowest BCUT2D eigenvalue weighted by molar-refractivity contribution is 0.0529. The highest BCUT2D eigenvalue weighted by Crippen LogP contribution is 2.22. The van der Waals surface area contributed by atoms with E-state index in [1.165, 1.54) is 0 Å². The van der Waals surface area contributed by atoms with Crippen LogP contribution in [0.2, 0.25) is 0 Å². The van der Waals surface area contributed by atoms with Crippen LogP contribution < -0.4 is 15.0 Å². The quantitative estimate of drug-likeness (QED) is 0.673. The first-order valence-corrected chi connectivity index (χ1v) is 10.1. The molecule has 1 N–H and O–H groups in total. The number of hydrogen-bond donors (Lipinski definition) is 1. The second-order valence-electron chi connectivity index (χ2n) is 7.28. The first-order chi connectivity index (χ1) is 14.7. The van der Waals surface area contributed by atoms with Crippen LogP contribution in [0, 0.1) is 0 Å². The molecule has 1 aromatic heterocycles. The number of para-hydroxylation sites is 1. The third kappa shape index (κ3) is 5.15. The number of carbonyl (C=O) groups excluding carboxylic acids is 1. The third-order valence-corrected chi connectivity index (χ3v) is 4.90. The first-order valence-electron chi connectivity index (χ1n) is 10.1. The molecule has 1 saturated heterocycles. The fourth-order valence-electron chi connectivity index (χ4n) is 3.34. The minimum Gasteiger partial charge on any atom is -0.457 e. The van der Waals surface area contributed by atoms with Gasteiger partial charge in [0.1, 0.15) is 17.3 Å². The number of ether oxygens (including phenoxy) is 2. The van der Waals surface area contributed by atoms with E-state index < -0.39 is 0 Å². The van der Waals surface area contributed by atoms with E-state index >= 15 is 0 Å². The van der Waals surface area contributed by atoms with Crippen LogP contribution in [0.25, 0.3) is 0 Å². The van der Waals surface area contributed by atoms with E-state index in [4.69, 9.17) is 9.47 Å². The van der Waals surface area contributed by atoms with E-state index in [1.54, 1.807) is 12.1 Å². The van der Waals surface area contributed by atoms with Crippen LogP contribution in [0.5, 0.6) is 11.5 Å². The SMILES string of the molecule is C[C@H]1CN(c2ccc(CNC(=O)c3cccc(Oc4ccccc4)c3)cn2)CCO1. The average molecular weight is 403 g/mol. The molecule has 4 rings (SSSR count). The van der Waals surface area contributed by atoms with E-state index in [2.05, 4.69) is 22.1 Å². The Kier molecular flexibility index (Phi) is 6.25. The standard InChI is InChI=1S/C24H25N3O3/c1-18-17-27(12-13-29-18)23-11-10-19(15-25-23)16-26-24(28)20-6-5-9-22(14-20)30-21-7-3-2-4-8-21/h2-11,14-15,18H,12-13,16-17H2,1H3,(H,26,28)/t18-/m0/s1. The molecule has 0 unspecified atom stereocenters. The molecular weight excluding hydrogens is 378 g/mol. The van der Waals surface area contributed by atoms with Crippen molar-refractivity contribution in [1.82, 2.24) is 10.3 Å². The zero-order valence-corrected chi connectivity index (χ0v) is 17.0. The van der Waals surface area contributed by atoms with E-state index in [1.807, 2.05) is 60.8 Å². The van der Waals surface area contributed by atoms with Crippen molar-refractivity contribution in [1.29, 1.82) is 0 Å². The molecule has 2 heterocycles. The van der Waals surface area contributed by atoms with Crippen LogP contribution in [-0.2, 0) is 11.3 Å².